The summed E-state index contributed by atoms with van der Waals surface area (Å²) in [6.07, 6.45) is -10.5. The number of amides is 3. The first-order valence-electron chi connectivity index (χ1n) is 13.9. The number of methoxy groups -OCH3 is 1. The average Bonchev–Trinajstić information content (AvgIpc) is 2.93. The van der Waals surface area contributed by atoms with Crippen LogP contribution in [0.1, 0.15) is 53.1 Å². The van der Waals surface area contributed by atoms with Gasteiger partial charge in [-0.05, 0) is 67.3 Å². The van der Waals surface area contributed by atoms with Gasteiger partial charge < -0.3 is 19.4 Å². The van der Waals surface area contributed by atoms with Crippen molar-refractivity contribution in [2.75, 3.05) is 40.3 Å². The van der Waals surface area contributed by atoms with Crippen molar-refractivity contribution in [3.8, 4) is 0 Å². The van der Waals surface area contributed by atoms with Crippen molar-refractivity contribution in [2.45, 2.75) is 44.6 Å². The lowest BCUT2D eigenvalue weighted by Gasteiger charge is -2.44. The highest BCUT2D eigenvalue weighted by Crippen LogP contribution is 2.40. The maximum atomic E-state index is 14.0. The molecule has 7 nitrogen and oxygen atoms in total. The number of hydrogen-bond donors (Lipinski definition) is 0. The number of likely N-dealkylation sites (tertiary alicyclic amines) is 2. The third-order valence-corrected chi connectivity index (χ3v) is 8.56. The zero-order chi connectivity index (χ0) is 32.7. The number of nitrogens with zero attached hydrogens (tertiary/aromatic N) is 3. The van der Waals surface area contributed by atoms with Crippen LogP contribution in [0.3, 0.4) is 0 Å². The first-order valence-corrected chi connectivity index (χ1v) is 13.9. The Morgan fingerprint density at radius 3 is 2.05 bits per heavy atom. The number of halogens is 7. The summed E-state index contributed by atoms with van der Waals surface area (Å²) < 4.78 is 99.6. The van der Waals surface area contributed by atoms with E-state index in [4.69, 9.17) is 0 Å². The van der Waals surface area contributed by atoms with Gasteiger partial charge in [0.25, 0.3) is 0 Å². The van der Waals surface area contributed by atoms with E-state index in [0.29, 0.717) is 23.3 Å². The molecule has 0 aliphatic carbocycles. The second-order valence-electron chi connectivity index (χ2n) is 11.3. The van der Waals surface area contributed by atoms with Crippen molar-refractivity contribution < 1.29 is 49.9 Å². The van der Waals surface area contributed by atoms with Crippen molar-refractivity contribution in [2.24, 2.45) is 11.8 Å². The predicted octanol–water partition coefficient (Wildman–Crippen LogP) is 6.02. The fourth-order valence-corrected chi connectivity index (χ4v) is 5.89. The largest absolute Gasteiger partial charge is 0.453 e. The third kappa shape index (κ3) is 6.78. The van der Waals surface area contributed by atoms with Crippen LogP contribution in [0.15, 0.2) is 36.4 Å². The number of hydrogen-bond acceptors (Lipinski definition) is 4. The molecule has 0 saturated carbocycles. The Kier molecular flexibility index (Phi) is 9.22. The van der Waals surface area contributed by atoms with Crippen molar-refractivity contribution in [3.63, 3.8) is 0 Å². The summed E-state index contributed by atoms with van der Waals surface area (Å²) in [5.74, 6) is -3.19. The number of alkyl halides is 6. The first-order chi connectivity index (χ1) is 20.4. The molecule has 0 aromatic heterocycles. The molecule has 3 amide bonds. The van der Waals surface area contributed by atoms with Crippen molar-refractivity contribution >= 4 is 17.9 Å². The van der Waals surface area contributed by atoms with Gasteiger partial charge in [-0.15, -0.1) is 0 Å². The quantitative estimate of drug-likeness (QED) is 0.379. The third-order valence-electron chi connectivity index (χ3n) is 8.56. The van der Waals surface area contributed by atoms with Crippen LogP contribution < -0.4 is 0 Å². The van der Waals surface area contributed by atoms with Gasteiger partial charge in [0, 0.05) is 45.1 Å². The lowest BCUT2D eigenvalue weighted by Crippen LogP contribution is -2.58. The van der Waals surface area contributed by atoms with E-state index >= 15 is 0 Å². The predicted molar refractivity (Wildman–Crippen MR) is 144 cm³/mol. The number of carbonyl (C=O) groups excluding carboxylic acids is 3. The molecule has 2 aliphatic rings. The van der Waals surface area contributed by atoms with Gasteiger partial charge in [-0.25, -0.2) is 9.18 Å². The molecule has 240 valence electrons. The maximum Gasteiger partial charge on any atom is 0.416 e. The highest BCUT2D eigenvalue weighted by molar-refractivity contribution is 5.84. The van der Waals surface area contributed by atoms with Gasteiger partial charge in [-0.1, -0.05) is 6.07 Å². The Bertz CT molecular complexity index is 1390. The van der Waals surface area contributed by atoms with Gasteiger partial charge in [0.15, 0.2) is 0 Å². The summed E-state index contributed by atoms with van der Waals surface area (Å²) in [7, 11) is 2.54. The fourth-order valence-electron chi connectivity index (χ4n) is 5.89. The SMILES string of the molecule is COC(=O)N1CC(C(=O)N2CC[C@H](C(=O)N(C)[C@@H](C)c3cc(C(F)(F)F)cc(C(F)(F)F)c3)[C@@H](c3ccc(F)cc3C)C2)C1. The molecule has 2 aromatic carbocycles. The van der Waals surface area contributed by atoms with E-state index < -0.39 is 65.1 Å². The van der Waals surface area contributed by atoms with E-state index in [1.165, 1.54) is 44.2 Å². The maximum absolute atomic E-state index is 14.0. The summed E-state index contributed by atoms with van der Waals surface area (Å²) in [5, 5.41) is 0. The molecule has 3 atom stereocenters. The summed E-state index contributed by atoms with van der Waals surface area (Å²) in [6, 6.07) is 4.08. The smallest absolute Gasteiger partial charge is 0.416 e. The molecule has 2 saturated heterocycles. The van der Waals surface area contributed by atoms with E-state index in [9.17, 15) is 45.1 Å². The van der Waals surface area contributed by atoms with Gasteiger partial charge in [0.05, 0.1) is 30.2 Å². The molecule has 2 aliphatic heterocycles. The van der Waals surface area contributed by atoms with E-state index in [2.05, 4.69) is 4.74 Å². The molecule has 4 rings (SSSR count). The Morgan fingerprint density at radius 2 is 1.52 bits per heavy atom. The monoisotopic (exact) mass is 631 g/mol. The van der Waals surface area contributed by atoms with Gasteiger partial charge in [-0.2, -0.15) is 26.3 Å². The van der Waals surface area contributed by atoms with Gasteiger partial charge in [0.2, 0.25) is 11.8 Å². The molecular weight excluding hydrogens is 599 g/mol. The van der Waals surface area contributed by atoms with E-state index in [-0.39, 0.29) is 50.1 Å². The van der Waals surface area contributed by atoms with Crippen molar-refractivity contribution in [1.82, 2.24) is 14.7 Å². The number of piperidine rings is 1. The van der Waals surface area contributed by atoms with Crippen LogP contribution in [-0.2, 0) is 26.7 Å². The molecular formula is C30H32F7N3O4. The minimum Gasteiger partial charge on any atom is -0.453 e. The lowest BCUT2D eigenvalue weighted by atomic mass is 9.77. The summed E-state index contributed by atoms with van der Waals surface area (Å²) in [4.78, 5) is 43.0. The normalized spacial score (nSPS) is 20.2. The number of carbonyl (C=O) groups is 3. The summed E-state index contributed by atoms with van der Waals surface area (Å²) >= 11 is 0. The minimum atomic E-state index is -5.04. The molecule has 0 radical (unpaired) electrons. The molecule has 2 aromatic rings. The molecule has 2 fully saturated rings. The minimum absolute atomic E-state index is 0.0324. The molecule has 0 N–H and O–H groups in total. The Morgan fingerprint density at radius 1 is 0.932 bits per heavy atom. The second-order valence-corrected chi connectivity index (χ2v) is 11.3. The fraction of sp³-hybridized carbons (Fsp3) is 0.500. The zero-order valence-electron chi connectivity index (χ0n) is 24.4. The van der Waals surface area contributed by atoms with E-state index in [1.54, 1.807) is 11.8 Å². The van der Waals surface area contributed by atoms with Crippen LogP contribution in [0.4, 0.5) is 35.5 Å². The van der Waals surface area contributed by atoms with Crippen LogP contribution in [0.5, 0.6) is 0 Å². The van der Waals surface area contributed by atoms with E-state index in [1.807, 2.05) is 0 Å². The first kappa shape index (κ1) is 33.1. The van der Waals surface area contributed by atoms with Crippen molar-refractivity contribution in [1.29, 1.82) is 0 Å². The number of aryl methyl sites for hydroxylation is 1. The van der Waals surface area contributed by atoms with Crippen LogP contribution in [0, 0.1) is 24.6 Å². The highest BCUT2D eigenvalue weighted by atomic mass is 19.4. The molecule has 44 heavy (non-hydrogen) atoms. The summed E-state index contributed by atoms with van der Waals surface area (Å²) in [5.41, 5.74) is -2.20. The van der Waals surface area contributed by atoms with Crippen LogP contribution in [0.25, 0.3) is 0 Å². The Labute approximate surface area is 249 Å². The molecule has 0 spiro atoms. The Hall–Kier alpha value is -3.84. The second kappa shape index (κ2) is 12.3. The molecule has 2 heterocycles. The zero-order valence-corrected chi connectivity index (χ0v) is 24.4. The number of benzene rings is 2. The molecule has 14 heteroatoms. The standard InChI is InChI=1S/C30H32F7N3O4/c1-16-9-22(31)5-6-23(16)25-15-39(26(41)19-13-40(14-19)28(43)44-4)8-7-24(25)27(42)38(3)17(2)18-10-20(29(32,33)34)12-21(11-18)30(35,36)37/h5-6,9-12,17,19,24-25H,7-8,13-15H2,1-4H3/t17-,24-,25+/m0/s1. The lowest BCUT2D eigenvalue weighted by molar-refractivity contribution is -0.147. The highest BCUT2D eigenvalue weighted by Gasteiger charge is 2.44. The van der Waals surface area contributed by atoms with Crippen LogP contribution in [0.2, 0.25) is 0 Å². The average molecular weight is 632 g/mol. The van der Waals surface area contributed by atoms with E-state index in [0.717, 1.165) is 4.90 Å². The number of rotatable bonds is 5. The van der Waals surface area contributed by atoms with Crippen LogP contribution in [-0.4, -0.2) is 72.9 Å². The van der Waals surface area contributed by atoms with Crippen LogP contribution >= 0.6 is 0 Å². The summed E-state index contributed by atoms with van der Waals surface area (Å²) in [6.45, 7) is 3.55. The topological polar surface area (TPSA) is 70.2 Å². The molecule has 0 unspecified atom stereocenters. The van der Waals surface area contributed by atoms with Gasteiger partial charge in [0.1, 0.15) is 5.82 Å². The van der Waals surface area contributed by atoms with Crippen molar-refractivity contribution in [3.05, 3.63) is 70.0 Å². The number of ether oxygens (including phenoxy) is 1. The Balaban J connectivity index is 1.61. The molecule has 0 bridgehead atoms. The van der Waals surface area contributed by atoms with Gasteiger partial charge >= 0.3 is 18.4 Å². The van der Waals surface area contributed by atoms with Gasteiger partial charge in [-0.3, -0.25) is 9.59 Å².